The topological polar surface area (TPSA) is 73.6 Å². The number of halogens is 1. The third-order valence-electron chi connectivity index (χ3n) is 1.24. The molecule has 0 fully saturated rings. The highest BCUT2D eigenvalue weighted by molar-refractivity contribution is 5.67. The van der Waals surface area contributed by atoms with Gasteiger partial charge in [0.1, 0.15) is 0 Å². The van der Waals surface area contributed by atoms with Gasteiger partial charge in [-0.05, 0) is 6.42 Å². The first-order chi connectivity index (χ1) is 6.20. The van der Waals surface area contributed by atoms with Crippen molar-refractivity contribution in [2.24, 2.45) is 5.90 Å². The Bertz CT molecular complexity index is 146. The summed E-state index contributed by atoms with van der Waals surface area (Å²) >= 11 is 0. The van der Waals surface area contributed by atoms with E-state index in [1.807, 2.05) is 0 Å². The highest BCUT2D eigenvalue weighted by Crippen LogP contribution is 2.02. The number of hydrogen-bond donors (Lipinski definition) is 2. The molecule has 0 aromatic heterocycles. The molecule has 3 N–H and O–H groups in total. The zero-order valence-corrected chi connectivity index (χ0v) is 7.59. The van der Waals surface area contributed by atoms with E-state index in [1.54, 1.807) is 6.92 Å². The summed E-state index contributed by atoms with van der Waals surface area (Å²) in [5.74, 6) is 4.70. The van der Waals surface area contributed by atoms with Gasteiger partial charge in [-0.3, -0.25) is 0 Å². The van der Waals surface area contributed by atoms with Crippen LogP contribution in [0.1, 0.15) is 19.8 Å². The highest BCUT2D eigenvalue weighted by Gasteiger charge is 2.10. The van der Waals surface area contributed by atoms with Gasteiger partial charge >= 0.3 is 6.09 Å². The predicted octanol–water partition coefficient (Wildman–Crippen LogP) is 0.699. The van der Waals surface area contributed by atoms with E-state index in [2.05, 4.69) is 14.9 Å². The lowest BCUT2D eigenvalue weighted by molar-refractivity contribution is 0.00709. The molecule has 0 aromatic carbocycles. The number of ether oxygens (including phenoxy) is 1. The number of alkyl carbamates (subject to hydrolysis) is 1. The summed E-state index contributed by atoms with van der Waals surface area (Å²) in [6.45, 7) is 2.17. The lowest BCUT2D eigenvalue weighted by atomic mass is 10.3. The Morgan fingerprint density at radius 3 is 2.92 bits per heavy atom. The van der Waals surface area contributed by atoms with E-state index in [-0.39, 0.29) is 19.6 Å². The summed E-state index contributed by atoms with van der Waals surface area (Å²) in [6, 6.07) is 0. The molecule has 13 heavy (non-hydrogen) atoms. The molecule has 0 heterocycles. The first kappa shape index (κ1) is 12.1. The van der Waals surface area contributed by atoms with E-state index in [4.69, 9.17) is 5.90 Å². The van der Waals surface area contributed by atoms with Crippen LogP contribution >= 0.6 is 0 Å². The lowest BCUT2D eigenvalue weighted by Crippen LogP contribution is -2.30. The predicted molar refractivity (Wildman–Crippen MR) is 44.4 cm³/mol. The Kier molecular flexibility index (Phi) is 7.23. The maximum Gasteiger partial charge on any atom is 0.409 e. The van der Waals surface area contributed by atoms with Gasteiger partial charge in [0, 0.05) is 13.0 Å². The number of rotatable bonds is 6. The maximum atomic E-state index is 12.6. The van der Waals surface area contributed by atoms with Gasteiger partial charge in [0.25, 0.3) is 0 Å². The quantitative estimate of drug-likeness (QED) is 0.482. The molecule has 1 atom stereocenters. The fourth-order valence-electron chi connectivity index (χ4n) is 0.656. The molecular formula is C7H15FN2O3. The van der Waals surface area contributed by atoms with E-state index < -0.39 is 12.5 Å². The Hall–Kier alpha value is -0.880. The summed E-state index contributed by atoms with van der Waals surface area (Å²) in [6.07, 6.45) is -1.50. The molecule has 0 aromatic rings. The average molecular weight is 194 g/mol. The van der Waals surface area contributed by atoms with Crippen LogP contribution in [0.25, 0.3) is 0 Å². The van der Waals surface area contributed by atoms with Gasteiger partial charge in [-0.2, -0.15) is 0 Å². The van der Waals surface area contributed by atoms with Crippen LogP contribution in [0.4, 0.5) is 9.18 Å². The van der Waals surface area contributed by atoms with E-state index in [0.29, 0.717) is 6.42 Å². The van der Waals surface area contributed by atoms with Crippen molar-refractivity contribution in [2.75, 3.05) is 13.2 Å². The largest absolute Gasteiger partial charge is 0.415 e. The summed E-state index contributed by atoms with van der Waals surface area (Å²) in [7, 11) is 0. The molecule has 0 aliphatic carbocycles. The van der Waals surface area contributed by atoms with Crippen molar-refractivity contribution in [3.05, 3.63) is 0 Å². The zero-order chi connectivity index (χ0) is 10.1. The minimum Gasteiger partial charge on any atom is -0.415 e. The summed E-state index contributed by atoms with van der Waals surface area (Å²) in [5, 5.41) is 2.27. The van der Waals surface area contributed by atoms with E-state index in [1.165, 1.54) is 0 Å². The smallest absolute Gasteiger partial charge is 0.409 e. The van der Waals surface area contributed by atoms with Crippen LogP contribution < -0.4 is 11.2 Å². The zero-order valence-electron chi connectivity index (χ0n) is 7.59. The average Bonchev–Trinajstić information content (AvgIpc) is 2.05. The molecule has 1 amide bonds. The Labute approximate surface area is 76.3 Å². The van der Waals surface area contributed by atoms with Crippen LogP contribution in [-0.2, 0) is 9.57 Å². The summed E-state index contributed by atoms with van der Waals surface area (Å²) in [5.41, 5.74) is 0. The Morgan fingerprint density at radius 1 is 1.69 bits per heavy atom. The van der Waals surface area contributed by atoms with Crippen LogP contribution in [0.3, 0.4) is 0 Å². The highest BCUT2D eigenvalue weighted by atomic mass is 19.1. The molecule has 6 heteroatoms. The second-order valence-electron chi connectivity index (χ2n) is 2.40. The molecule has 0 spiro atoms. The molecule has 0 saturated carbocycles. The second kappa shape index (κ2) is 7.75. The van der Waals surface area contributed by atoms with Gasteiger partial charge in [0.15, 0.2) is 0 Å². The summed E-state index contributed by atoms with van der Waals surface area (Å²) < 4.78 is 16.9. The number of alkyl halides is 1. The molecule has 78 valence electrons. The lowest BCUT2D eigenvalue weighted by Gasteiger charge is -2.09. The van der Waals surface area contributed by atoms with E-state index in [0.717, 1.165) is 0 Å². The van der Waals surface area contributed by atoms with Gasteiger partial charge in [0.05, 0.1) is 6.61 Å². The van der Waals surface area contributed by atoms with Crippen molar-refractivity contribution < 1.29 is 18.8 Å². The first-order valence-electron chi connectivity index (χ1n) is 4.11. The third kappa shape index (κ3) is 7.48. The van der Waals surface area contributed by atoms with Crippen LogP contribution in [-0.4, -0.2) is 25.6 Å². The van der Waals surface area contributed by atoms with Gasteiger partial charge in [-0.15, -0.1) is 0 Å². The fraction of sp³-hybridized carbons (Fsp3) is 0.857. The number of nitrogens with two attached hydrogens (primary N) is 1. The van der Waals surface area contributed by atoms with Gasteiger partial charge in [-0.1, -0.05) is 6.92 Å². The van der Waals surface area contributed by atoms with Gasteiger partial charge in [-0.25, -0.2) is 15.1 Å². The van der Waals surface area contributed by atoms with Crippen LogP contribution in [0.15, 0.2) is 0 Å². The van der Waals surface area contributed by atoms with Crippen molar-refractivity contribution in [1.82, 2.24) is 5.32 Å². The molecule has 0 rings (SSSR count). The molecule has 0 aliphatic heterocycles. The molecule has 1 unspecified atom stereocenters. The second-order valence-corrected chi connectivity index (χ2v) is 2.40. The third-order valence-corrected chi connectivity index (χ3v) is 1.24. The standard InChI is InChI=1S/C7H15FN2O3/c1-2-3-6(8)13-7(11)10-4-5-12-9/h6H,2-5,9H2,1H3,(H,10,11). The number of hydrogen-bond acceptors (Lipinski definition) is 4. The Morgan fingerprint density at radius 2 is 2.38 bits per heavy atom. The molecule has 0 saturated heterocycles. The van der Waals surface area contributed by atoms with Crippen molar-refractivity contribution in [3.63, 3.8) is 0 Å². The van der Waals surface area contributed by atoms with Crippen molar-refractivity contribution in [3.8, 4) is 0 Å². The van der Waals surface area contributed by atoms with Crippen molar-refractivity contribution in [2.45, 2.75) is 26.1 Å². The normalized spacial score (nSPS) is 12.2. The monoisotopic (exact) mass is 194 g/mol. The van der Waals surface area contributed by atoms with Crippen LogP contribution in [0, 0.1) is 0 Å². The summed E-state index contributed by atoms with van der Waals surface area (Å²) in [4.78, 5) is 14.9. The minimum absolute atomic E-state index is 0.166. The molecule has 0 bridgehead atoms. The SMILES string of the molecule is CCCC(F)OC(=O)NCCON. The Balaban J connectivity index is 3.38. The maximum absolute atomic E-state index is 12.6. The number of carbonyl (C=O) groups is 1. The van der Waals surface area contributed by atoms with Crippen molar-refractivity contribution >= 4 is 6.09 Å². The fourth-order valence-corrected chi connectivity index (χ4v) is 0.656. The van der Waals surface area contributed by atoms with Crippen LogP contribution in [0.2, 0.25) is 0 Å². The van der Waals surface area contributed by atoms with Crippen molar-refractivity contribution in [1.29, 1.82) is 0 Å². The number of carbonyl (C=O) groups excluding carboxylic acids is 1. The number of nitrogens with one attached hydrogen (secondary N) is 1. The molecule has 5 nitrogen and oxygen atoms in total. The van der Waals surface area contributed by atoms with Gasteiger partial charge < -0.3 is 14.9 Å². The van der Waals surface area contributed by atoms with Gasteiger partial charge in [0.2, 0.25) is 6.36 Å². The molecule has 0 aliphatic rings. The molecule has 0 radical (unpaired) electrons. The number of amides is 1. The van der Waals surface area contributed by atoms with E-state index in [9.17, 15) is 9.18 Å². The van der Waals surface area contributed by atoms with Crippen LogP contribution in [0.5, 0.6) is 0 Å². The minimum atomic E-state index is -1.54. The molecular weight excluding hydrogens is 179 g/mol. The first-order valence-corrected chi connectivity index (χ1v) is 4.11. The van der Waals surface area contributed by atoms with E-state index >= 15 is 0 Å².